The van der Waals surface area contributed by atoms with Crippen molar-refractivity contribution in [2.24, 2.45) is 0 Å². The van der Waals surface area contributed by atoms with Crippen molar-refractivity contribution >= 4 is 5.97 Å². The molecule has 0 radical (unpaired) electrons. The first-order valence-corrected chi connectivity index (χ1v) is 5.48. The molecule has 3 nitrogen and oxygen atoms in total. The zero-order chi connectivity index (χ0) is 13.8. The van der Waals surface area contributed by atoms with Gasteiger partial charge in [0.2, 0.25) is 0 Å². The summed E-state index contributed by atoms with van der Waals surface area (Å²) in [5.74, 6) is -0.279. The van der Waals surface area contributed by atoms with E-state index in [2.05, 4.69) is 6.58 Å². The van der Waals surface area contributed by atoms with E-state index >= 15 is 0 Å². The number of aliphatic carboxylic acids is 1. The minimum atomic E-state index is -0.987. The zero-order valence-electron chi connectivity index (χ0n) is 11.3. The van der Waals surface area contributed by atoms with Crippen molar-refractivity contribution in [3.8, 4) is 0 Å². The van der Waals surface area contributed by atoms with Gasteiger partial charge in [0.15, 0.2) is 0 Å². The number of ether oxygens (including phenoxy) is 1. The molecule has 0 aliphatic rings. The summed E-state index contributed by atoms with van der Waals surface area (Å²) in [6, 6.07) is 0. The summed E-state index contributed by atoms with van der Waals surface area (Å²) in [5, 5.41) is 8.47. The van der Waals surface area contributed by atoms with Gasteiger partial charge in [-0.15, -0.1) is 0 Å². The summed E-state index contributed by atoms with van der Waals surface area (Å²) in [6.45, 7) is 11.4. The van der Waals surface area contributed by atoms with Gasteiger partial charge >= 0.3 is 5.97 Å². The minimum absolute atomic E-state index is 0.690. The highest BCUT2D eigenvalue weighted by atomic mass is 16.5. The number of rotatable bonds is 5. The van der Waals surface area contributed by atoms with E-state index in [0.717, 1.165) is 11.6 Å². The van der Waals surface area contributed by atoms with Crippen LogP contribution in [0, 0.1) is 0 Å². The lowest BCUT2D eigenvalue weighted by molar-refractivity contribution is -0.131. The first-order chi connectivity index (χ1) is 8.01. The monoisotopic (exact) mass is 238 g/mol. The molecule has 0 aliphatic heterocycles. The number of hydrogen-bond acceptors (Lipinski definition) is 2. The minimum Gasteiger partial charge on any atom is -0.497 e. The molecule has 0 rings (SSSR count). The van der Waals surface area contributed by atoms with Crippen molar-refractivity contribution < 1.29 is 14.6 Å². The summed E-state index contributed by atoms with van der Waals surface area (Å²) in [4.78, 5) is 10.3. The second-order valence-electron chi connectivity index (χ2n) is 3.09. The van der Waals surface area contributed by atoms with Gasteiger partial charge in [0.1, 0.15) is 5.76 Å². The Morgan fingerprint density at radius 3 is 2.06 bits per heavy atom. The highest BCUT2D eigenvalue weighted by molar-refractivity contribution is 5.80. The van der Waals surface area contributed by atoms with E-state index in [1.54, 1.807) is 19.3 Å². The van der Waals surface area contributed by atoms with Crippen molar-refractivity contribution in [2.45, 2.75) is 27.7 Å². The second kappa shape index (κ2) is 10.7. The Kier molecular flexibility index (Phi) is 11.1. The molecule has 0 spiro atoms. The molecule has 0 aromatic heterocycles. The molecule has 0 saturated carbocycles. The fourth-order valence-electron chi connectivity index (χ4n) is 0.901. The van der Waals surface area contributed by atoms with Crippen LogP contribution in [0.4, 0.5) is 0 Å². The lowest BCUT2D eigenvalue weighted by Gasteiger charge is -2.03. The average Bonchev–Trinajstić information content (AvgIpc) is 2.31. The molecule has 1 N–H and O–H groups in total. The van der Waals surface area contributed by atoms with Gasteiger partial charge in [0.05, 0.1) is 7.11 Å². The van der Waals surface area contributed by atoms with Crippen molar-refractivity contribution in [1.29, 1.82) is 0 Å². The van der Waals surface area contributed by atoms with Crippen LogP contribution in [0.5, 0.6) is 0 Å². The summed E-state index contributed by atoms with van der Waals surface area (Å²) in [6.07, 6.45) is 5.84. The van der Waals surface area contributed by atoms with Crippen molar-refractivity contribution in [3.63, 3.8) is 0 Å². The third-order valence-electron chi connectivity index (χ3n) is 1.66. The van der Waals surface area contributed by atoms with Gasteiger partial charge in [-0.25, -0.2) is 4.79 Å². The van der Waals surface area contributed by atoms with E-state index in [1.165, 1.54) is 6.08 Å². The molecule has 0 amide bonds. The largest absolute Gasteiger partial charge is 0.497 e. The summed E-state index contributed by atoms with van der Waals surface area (Å²) >= 11 is 0. The standard InChI is InChI=1S/C12H16O3.C2H6/c1-5-10(6-7-12(13)14)8-11(15-4)9(2)3;1-2/h5-8H,1H2,2-4H3,(H,13,14);1-2H3/b7-6+,10-8+;. The Morgan fingerprint density at radius 1 is 1.24 bits per heavy atom. The topological polar surface area (TPSA) is 46.5 Å². The molecular formula is C14H22O3. The Bertz CT molecular complexity index is 329. The molecule has 17 heavy (non-hydrogen) atoms. The Labute approximate surface area is 104 Å². The maximum absolute atomic E-state index is 10.3. The first kappa shape index (κ1) is 17.6. The summed E-state index contributed by atoms with van der Waals surface area (Å²) in [5.41, 5.74) is 1.70. The van der Waals surface area contributed by atoms with Crippen molar-refractivity contribution in [3.05, 3.63) is 47.8 Å². The van der Waals surface area contributed by atoms with Gasteiger partial charge in [-0.1, -0.05) is 26.5 Å². The van der Waals surface area contributed by atoms with Crippen LogP contribution in [-0.4, -0.2) is 18.2 Å². The summed E-state index contributed by atoms with van der Waals surface area (Å²) in [7, 11) is 1.57. The molecule has 0 bridgehead atoms. The number of methoxy groups -OCH3 is 1. The van der Waals surface area contributed by atoms with Gasteiger partial charge in [0, 0.05) is 6.08 Å². The Morgan fingerprint density at radius 2 is 1.76 bits per heavy atom. The molecule has 0 fully saturated rings. The fourth-order valence-corrected chi connectivity index (χ4v) is 0.901. The predicted molar refractivity (Wildman–Crippen MR) is 71.8 cm³/mol. The fraction of sp³-hybridized carbons (Fsp3) is 0.357. The van der Waals surface area contributed by atoms with Crippen molar-refractivity contribution in [1.82, 2.24) is 0 Å². The third kappa shape index (κ3) is 9.18. The van der Waals surface area contributed by atoms with Gasteiger partial charge in [0.25, 0.3) is 0 Å². The van der Waals surface area contributed by atoms with E-state index in [4.69, 9.17) is 9.84 Å². The number of hydrogen-bond donors (Lipinski definition) is 1. The van der Waals surface area contributed by atoms with E-state index in [0.29, 0.717) is 11.3 Å². The molecule has 3 heteroatoms. The van der Waals surface area contributed by atoms with E-state index in [1.807, 2.05) is 27.7 Å². The molecule has 0 saturated heterocycles. The lowest BCUT2D eigenvalue weighted by atomic mass is 10.1. The van der Waals surface area contributed by atoms with Crippen LogP contribution in [0.25, 0.3) is 0 Å². The second-order valence-corrected chi connectivity index (χ2v) is 3.09. The molecule has 0 heterocycles. The molecule has 0 unspecified atom stereocenters. The number of carbonyl (C=O) groups is 1. The molecular weight excluding hydrogens is 216 g/mol. The van der Waals surface area contributed by atoms with Crippen LogP contribution >= 0.6 is 0 Å². The van der Waals surface area contributed by atoms with Gasteiger partial charge in [-0.2, -0.15) is 0 Å². The van der Waals surface area contributed by atoms with E-state index in [9.17, 15) is 4.79 Å². The SMILES string of the molecule is C=CC(/C=C/C(=O)O)=C\C(OC)=C(C)C.CC. The molecule has 0 aliphatic carbocycles. The van der Waals surface area contributed by atoms with Crippen LogP contribution in [0.15, 0.2) is 47.8 Å². The Balaban J connectivity index is 0. The molecule has 0 aromatic carbocycles. The number of carboxylic acids is 1. The molecule has 0 atom stereocenters. The van der Waals surface area contributed by atoms with Crippen LogP contribution in [0.3, 0.4) is 0 Å². The Hall–Kier alpha value is -1.77. The number of allylic oxidation sites excluding steroid dienone is 5. The maximum Gasteiger partial charge on any atom is 0.328 e. The summed E-state index contributed by atoms with van der Waals surface area (Å²) < 4.78 is 5.13. The van der Waals surface area contributed by atoms with Crippen LogP contribution < -0.4 is 0 Å². The van der Waals surface area contributed by atoms with E-state index in [-0.39, 0.29) is 0 Å². The van der Waals surface area contributed by atoms with Crippen LogP contribution in [0.1, 0.15) is 27.7 Å². The third-order valence-corrected chi connectivity index (χ3v) is 1.66. The first-order valence-electron chi connectivity index (χ1n) is 5.48. The quantitative estimate of drug-likeness (QED) is 0.451. The number of carboxylic acid groups (broad SMARTS) is 1. The van der Waals surface area contributed by atoms with Crippen LogP contribution in [-0.2, 0) is 9.53 Å². The lowest BCUT2D eigenvalue weighted by Crippen LogP contribution is -1.89. The maximum atomic E-state index is 10.3. The highest BCUT2D eigenvalue weighted by Crippen LogP contribution is 2.10. The molecule has 0 aromatic rings. The average molecular weight is 238 g/mol. The van der Waals surface area contributed by atoms with Crippen molar-refractivity contribution in [2.75, 3.05) is 7.11 Å². The molecule has 96 valence electrons. The van der Waals surface area contributed by atoms with Gasteiger partial charge in [-0.05, 0) is 37.1 Å². The van der Waals surface area contributed by atoms with Gasteiger partial charge < -0.3 is 9.84 Å². The smallest absolute Gasteiger partial charge is 0.328 e. The van der Waals surface area contributed by atoms with E-state index < -0.39 is 5.97 Å². The normalized spacial score (nSPS) is 10.3. The zero-order valence-corrected chi connectivity index (χ0v) is 11.3. The predicted octanol–water partition coefficient (Wildman–Crippen LogP) is 3.71. The van der Waals surface area contributed by atoms with Crippen LogP contribution in [0.2, 0.25) is 0 Å². The highest BCUT2D eigenvalue weighted by Gasteiger charge is 1.96. The van der Waals surface area contributed by atoms with Gasteiger partial charge in [-0.3, -0.25) is 0 Å².